The maximum atomic E-state index is 12.5. The van der Waals surface area contributed by atoms with E-state index in [1.54, 1.807) is 11.8 Å². The minimum Gasteiger partial charge on any atom is -0.361 e. The third-order valence-corrected chi connectivity index (χ3v) is 4.04. The van der Waals surface area contributed by atoms with Crippen molar-refractivity contribution in [2.75, 3.05) is 19.6 Å². The van der Waals surface area contributed by atoms with Gasteiger partial charge in [0.25, 0.3) is 5.91 Å². The van der Waals surface area contributed by atoms with Crippen molar-refractivity contribution < 1.29 is 18.9 Å². The van der Waals surface area contributed by atoms with E-state index in [0.717, 1.165) is 29.9 Å². The van der Waals surface area contributed by atoms with Crippen molar-refractivity contribution >= 4 is 17.8 Å². The highest BCUT2D eigenvalue weighted by atomic mass is 16.5. The minimum atomic E-state index is -0.510. The number of aryl methyl sites for hydroxylation is 1. The van der Waals surface area contributed by atoms with Gasteiger partial charge in [-0.1, -0.05) is 5.16 Å². The summed E-state index contributed by atoms with van der Waals surface area (Å²) in [6.45, 7) is 2.13. The third kappa shape index (κ3) is 2.68. The first-order chi connectivity index (χ1) is 10.6. The lowest BCUT2D eigenvalue weighted by Gasteiger charge is -2.35. The second-order valence-corrected chi connectivity index (χ2v) is 5.60. The molecule has 0 saturated carbocycles. The van der Waals surface area contributed by atoms with E-state index in [1.807, 2.05) is 6.07 Å². The molecule has 2 aliphatic rings. The summed E-state index contributed by atoms with van der Waals surface area (Å²) >= 11 is 0. The lowest BCUT2D eigenvalue weighted by molar-refractivity contribution is -0.139. The Kier molecular flexibility index (Phi) is 3.82. The van der Waals surface area contributed by atoms with Crippen molar-refractivity contribution in [3.63, 3.8) is 0 Å². The van der Waals surface area contributed by atoms with Crippen LogP contribution in [0.2, 0.25) is 0 Å². The summed E-state index contributed by atoms with van der Waals surface area (Å²) in [5.74, 6) is 0.0852. The number of urea groups is 1. The van der Waals surface area contributed by atoms with E-state index in [2.05, 4.69) is 10.5 Å². The first kappa shape index (κ1) is 14.6. The van der Waals surface area contributed by atoms with Gasteiger partial charge in [-0.2, -0.15) is 0 Å². The molecular formula is C14H18N4O4. The van der Waals surface area contributed by atoms with E-state index in [0.29, 0.717) is 12.3 Å². The fourth-order valence-corrected chi connectivity index (χ4v) is 2.92. The van der Waals surface area contributed by atoms with E-state index < -0.39 is 6.03 Å². The van der Waals surface area contributed by atoms with Crippen LogP contribution in [0.15, 0.2) is 10.6 Å². The number of amides is 4. The topological polar surface area (TPSA) is 95.8 Å². The summed E-state index contributed by atoms with van der Waals surface area (Å²) in [6.07, 6.45) is 2.71. The first-order valence-corrected chi connectivity index (χ1v) is 7.37. The highest BCUT2D eigenvalue weighted by Crippen LogP contribution is 2.30. The molecule has 118 valence electrons. The number of carbonyl (C=O) groups excluding carboxylic acids is 3. The number of rotatable bonds is 3. The smallest absolute Gasteiger partial charge is 0.325 e. The number of hydrogen-bond donors (Lipinski definition) is 1. The fraction of sp³-hybridized carbons (Fsp3) is 0.571. The Hall–Kier alpha value is -2.38. The summed E-state index contributed by atoms with van der Waals surface area (Å²) in [5.41, 5.74) is 0.725. The molecule has 8 heteroatoms. The molecule has 3 heterocycles. The van der Waals surface area contributed by atoms with Gasteiger partial charge in [0, 0.05) is 12.6 Å². The van der Waals surface area contributed by atoms with E-state index in [1.165, 1.54) is 0 Å². The van der Waals surface area contributed by atoms with Crippen LogP contribution >= 0.6 is 0 Å². The zero-order valence-electron chi connectivity index (χ0n) is 12.4. The Morgan fingerprint density at radius 2 is 2.27 bits per heavy atom. The predicted molar refractivity (Wildman–Crippen MR) is 74.7 cm³/mol. The molecule has 0 aromatic carbocycles. The van der Waals surface area contributed by atoms with E-state index >= 15 is 0 Å². The molecule has 1 aromatic rings. The number of likely N-dealkylation sites (tertiary alicyclic amines) is 1. The van der Waals surface area contributed by atoms with E-state index in [4.69, 9.17) is 4.52 Å². The average Bonchev–Trinajstić information content (AvgIpc) is 3.08. The summed E-state index contributed by atoms with van der Waals surface area (Å²) in [7, 11) is 0. The number of hydrogen-bond acceptors (Lipinski definition) is 5. The van der Waals surface area contributed by atoms with Gasteiger partial charge in [0.15, 0.2) is 0 Å². The van der Waals surface area contributed by atoms with Crippen LogP contribution in [0.1, 0.15) is 36.8 Å². The molecule has 1 aromatic heterocycles. The van der Waals surface area contributed by atoms with Gasteiger partial charge < -0.3 is 14.7 Å². The average molecular weight is 306 g/mol. The van der Waals surface area contributed by atoms with E-state index in [9.17, 15) is 14.4 Å². The number of nitrogens with one attached hydrogen (secondary N) is 1. The molecule has 0 spiro atoms. The molecule has 4 amide bonds. The van der Waals surface area contributed by atoms with Gasteiger partial charge in [0.05, 0.1) is 12.6 Å². The van der Waals surface area contributed by atoms with Crippen molar-refractivity contribution in [1.29, 1.82) is 0 Å². The number of aromatic nitrogens is 1. The Balaban J connectivity index is 1.74. The van der Waals surface area contributed by atoms with E-state index in [-0.39, 0.29) is 30.9 Å². The van der Waals surface area contributed by atoms with Gasteiger partial charge in [-0.3, -0.25) is 14.5 Å². The number of nitrogens with zero attached hydrogens (tertiary/aromatic N) is 3. The molecule has 2 saturated heterocycles. The standard InChI is InChI=1S/C14H18N4O4/c1-9-6-10(16-22-9)11-4-2-3-5-17(11)13(20)8-18-12(19)7-15-14(18)21/h6,11H,2-5,7-8H2,1H3,(H,15,21)/t11-/m1/s1. The fourth-order valence-electron chi connectivity index (χ4n) is 2.92. The normalized spacial score (nSPS) is 22.1. The van der Waals surface area contributed by atoms with Crippen molar-refractivity contribution in [2.45, 2.75) is 32.2 Å². The van der Waals surface area contributed by atoms with Crippen LogP contribution in [-0.2, 0) is 9.59 Å². The molecule has 0 aliphatic carbocycles. The van der Waals surface area contributed by atoms with Crippen LogP contribution in [-0.4, -0.2) is 52.4 Å². The van der Waals surface area contributed by atoms with Crippen molar-refractivity contribution in [3.05, 3.63) is 17.5 Å². The van der Waals surface area contributed by atoms with Gasteiger partial charge in [-0.15, -0.1) is 0 Å². The highest BCUT2D eigenvalue weighted by Gasteiger charge is 2.35. The molecule has 0 unspecified atom stereocenters. The molecule has 2 fully saturated rings. The maximum Gasteiger partial charge on any atom is 0.325 e. The summed E-state index contributed by atoms with van der Waals surface area (Å²) in [4.78, 5) is 38.3. The molecule has 0 radical (unpaired) electrons. The molecule has 2 aliphatic heterocycles. The second kappa shape index (κ2) is 5.78. The quantitative estimate of drug-likeness (QED) is 0.824. The van der Waals surface area contributed by atoms with Gasteiger partial charge >= 0.3 is 6.03 Å². The SMILES string of the molecule is Cc1cc([C@H]2CCCCN2C(=O)CN2C(=O)CNC2=O)no1. The summed E-state index contributed by atoms with van der Waals surface area (Å²) < 4.78 is 5.10. The van der Waals surface area contributed by atoms with Gasteiger partial charge in [0.2, 0.25) is 5.91 Å². The third-order valence-electron chi connectivity index (χ3n) is 4.04. The molecular weight excluding hydrogens is 288 g/mol. The maximum absolute atomic E-state index is 12.5. The van der Waals surface area contributed by atoms with Gasteiger partial charge in [0.1, 0.15) is 18.0 Å². The Labute approximate surface area is 127 Å². The largest absolute Gasteiger partial charge is 0.361 e. The molecule has 1 atom stereocenters. The molecule has 1 N–H and O–H groups in total. The molecule has 0 bridgehead atoms. The van der Waals surface area contributed by atoms with Crippen LogP contribution < -0.4 is 5.32 Å². The van der Waals surface area contributed by atoms with Crippen molar-refractivity contribution in [1.82, 2.24) is 20.3 Å². The zero-order chi connectivity index (χ0) is 15.7. The summed E-state index contributed by atoms with van der Waals surface area (Å²) in [5, 5.41) is 6.42. The minimum absolute atomic E-state index is 0.0436. The number of piperidine rings is 1. The van der Waals surface area contributed by atoms with Crippen molar-refractivity contribution in [3.8, 4) is 0 Å². The highest BCUT2D eigenvalue weighted by molar-refractivity contribution is 6.04. The van der Waals surface area contributed by atoms with Crippen LogP contribution in [0, 0.1) is 6.92 Å². The lowest BCUT2D eigenvalue weighted by atomic mass is 9.99. The monoisotopic (exact) mass is 306 g/mol. The Bertz CT molecular complexity index is 596. The Morgan fingerprint density at radius 1 is 1.45 bits per heavy atom. The number of imide groups is 1. The second-order valence-electron chi connectivity index (χ2n) is 5.60. The zero-order valence-corrected chi connectivity index (χ0v) is 12.4. The van der Waals surface area contributed by atoms with Gasteiger partial charge in [-0.05, 0) is 26.2 Å². The first-order valence-electron chi connectivity index (χ1n) is 7.37. The van der Waals surface area contributed by atoms with Crippen molar-refractivity contribution in [2.24, 2.45) is 0 Å². The van der Waals surface area contributed by atoms with Crippen LogP contribution in [0.4, 0.5) is 4.79 Å². The molecule has 8 nitrogen and oxygen atoms in total. The Morgan fingerprint density at radius 3 is 2.91 bits per heavy atom. The predicted octanol–water partition coefficient (Wildman–Crippen LogP) is 0.588. The van der Waals surface area contributed by atoms with Crippen LogP contribution in [0.25, 0.3) is 0 Å². The lowest BCUT2D eigenvalue weighted by Crippen LogP contribution is -2.46. The van der Waals surface area contributed by atoms with Crippen LogP contribution in [0.3, 0.4) is 0 Å². The van der Waals surface area contributed by atoms with Crippen LogP contribution in [0.5, 0.6) is 0 Å². The number of carbonyl (C=O) groups is 3. The summed E-state index contributed by atoms with van der Waals surface area (Å²) in [6, 6.07) is 1.16. The molecule has 22 heavy (non-hydrogen) atoms. The van der Waals surface area contributed by atoms with Gasteiger partial charge in [-0.25, -0.2) is 4.79 Å². The molecule has 3 rings (SSSR count).